The molecule has 0 spiro atoms. The fraction of sp³-hybridized carbons (Fsp3) is 0.320. The summed E-state index contributed by atoms with van der Waals surface area (Å²) in [5, 5.41) is 14.8. The number of aromatic nitrogens is 2. The summed E-state index contributed by atoms with van der Waals surface area (Å²) in [6, 6.07) is 12.4. The molecular formula is C25H26FN5O3S. The van der Waals surface area contributed by atoms with Crippen molar-refractivity contribution >= 4 is 45.6 Å². The Labute approximate surface area is 206 Å². The van der Waals surface area contributed by atoms with E-state index in [4.69, 9.17) is 0 Å². The van der Waals surface area contributed by atoms with E-state index >= 15 is 0 Å². The number of halogens is 1. The zero-order valence-corrected chi connectivity index (χ0v) is 20.3. The minimum Gasteiger partial charge on any atom is -0.326 e. The molecule has 2 N–H and O–H groups in total. The largest absolute Gasteiger partial charge is 0.326 e. The van der Waals surface area contributed by atoms with Gasteiger partial charge >= 0.3 is 0 Å². The van der Waals surface area contributed by atoms with E-state index in [9.17, 15) is 18.8 Å². The molecule has 2 aromatic carbocycles. The van der Waals surface area contributed by atoms with Crippen molar-refractivity contribution in [2.24, 2.45) is 5.92 Å². The lowest BCUT2D eigenvalue weighted by Gasteiger charge is -2.16. The van der Waals surface area contributed by atoms with Crippen LogP contribution >= 0.6 is 11.3 Å². The number of anilines is 3. The zero-order chi connectivity index (χ0) is 24.9. The molecule has 2 heterocycles. The number of benzene rings is 2. The number of nitrogens with zero attached hydrogens (tertiary/aromatic N) is 3. The summed E-state index contributed by atoms with van der Waals surface area (Å²) in [6.07, 6.45) is 1.81. The van der Waals surface area contributed by atoms with Crippen molar-refractivity contribution in [3.8, 4) is 0 Å². The Morgan fingerprint density at radius 1 is 1.06 bits per heavy atom. The van der Waals surface area contributed by atoms with E-state index in [-0.39, 0.29) is 41.8 Å². The first-order valence-corrected chi connectivity index (χ1v) is 12.3. The quantitative estimate of drug-likeness (QED) is 0.466. The number of hydrogen-bond donors (Lipinski definition) is 2. The van der Waals surface area contributed by atoms with Gasteiger partial charge in [0.05, 0.1) is 0 Å². The van der Waals surface area contributed by atoms with Gasteiger partial charge < -0.3 is 10.2 Å². The van der Waals surface area contributed by atoms with Crippen LogP contribution in [0.25, 0.3) is 0 Å². The van der Waals surface area contributed by atoms with Crippen molar-refractivity contribution in [1.82, 2.24) is 10.2 Å². The number of amides is 3. The Kier molecular flexibility index (Phi) is 7.50. The second kappa shape index (κ2) is 10.7. The molecule has 35 heavy (non-hydrogen) atoms. The molecule has 1 aromatic heterocycles. The second-order valence-corrected chi connectivity index (χ2v) is 9.37. The topological polar surface area (TPSA) is 104 Å². The summed E-state index contributed by atoms with van der Waals surface area (Å²) in [5.74, 6) is -1.00. The molecule has 10 heteroatoms. The van der Waals surface area contributed by atoms with Gasteiger partial charge in [-0.3, -0.25) is 19.7 Å². The van der Waals surface area contributed by atoms with Crippen LogP contribution in [-0.2, 0) is 9.59 Å². The maximum absolute atomic E-state index is 13.2. The molecule has 1 aliphatic heterocycles. The predicted octanol–water partition coefficient (Wildman–Crippen LogP) is 4.82. The molecule has 1 aliphatic rings. The van der Waals surface area contributed by atoms with Crippen LogP contribution in [0.2, 0.25) is 0 Å². The van der Waals surface area contributed by atoms with Gasteiger partial charge in [0.15, 0.2) is 0 Å². The van der Waals surface area contributed by atoms with Crippen LogP contribution in [0.15, 0.2) is 48.5 Å². The Bertz CT molecular complexity index is 1210. The first-order chi connectivity index (χ1) is 16.9. The molecule has 182 valence electrons. The fourth-order valence-corrected chi connectivity index (χ4v) is 4.80. The van der Waals surface area contributed by atoms with Gasteiger partial charge in [0.2, 0.25) is 16.9 Å². The average molecular weight is 496 g/mol. The summed E-state index contributed by atoms with van der Waals surface area (Å²) in [5.41, 5.74) is 1.69. The van der Waals surface area contributed by atoms with E-state index in [2.05, 4.69) is 20.8 Å². The monoisotopic (exact) mass is 495 g/mol. The summed E-state index contributed by atoms with van der Waals surface area (Å²) >= 11 is 1.22. The fourth-order valence-electron chi connectivity index (χ4n) is 3.97. The maximum Gasteiger partial charge on any atom is 0.257 e. The van der Waals surface area contributed by atoms with E-state index in [0.29, 0.717) is 33.6 Å². The van der Waals surface area contributed by atoms with Gasteiger partial charge in [0.25, 0.3) is 5.91 Å². The number of rotatable bonds is 8. The Hall–Kier alpha value is -3.66. The van der Waals surface area contributed by atoms with Crippen molar-refractivity contribution in [2.45, 2.75) is 39.0 Å². The van der Waals surface area contributed by atoms with E-state index in [0.717, 1.165) is 12.8 Å². The van der Waals surface area contributed by atoms with E-state index < -0.39 is 0 Å². The van der Waals surface area contributed by atoms with Gasteiger partial charge in [-0.1, -0.05) is 25.2 Å². The van der Waals surface area contributed by atoms with Crippen LogP contribution in [0, 0.1) is 11.7 Å². The molecule has 0 saturated carbocycles. The number of nitrogens with one attached hydrogen (secondary N) is 2. The van der Waals surface area contributed by atoms with Gasteiger partial charge in [0.1, 0.15) is 10.8 Å². The maximum atomic E-state index is 13.2. The molecule has 1 unspecified atom stereocenters. The first-order valence-electron chi connectivity index (χ1n) is 11.5. The van der Waals surface area contributed by atoms with Crippen LogP contribution in [0.1, 0.15) is 54.4 Å². The minimum atomic E-state index is -0.359. The third kappa shape index (κ3) is 5.71. The van der Waals surface area contributed by atoms with Crippen molar-refractivity contribution in [3.05, 3.63) is 64.9 Å². The number of hydrogen-bond acceptors (Lipinski definition) is 6. The molecule has 0 radical (unpaired) electrons. The predicted molar refractivity (Wildman–Crippen MR) is 133 cm³/mol. The van der Waals surface area contributed by atoms with E-state index in [1.54, 1.807) is 41.3 Å². The van der Waals surface area contributed by atoms with Crippen LogP contribution in [-0.4, -0.2) is 34.5 Å². The van der Waals surface area contributed by atoms with Gasteiger partial charge in [-0.05, 0) is 61.4 Å². The standard InChI is InChI=1S/C25H26FN5O3S/c1-3-15(4-2)22(33)27-19-9-5-16(6-10-19)23(34)28-25-30-29-24(35-25)17-13-21(32)31(14-17)20-11-7-18(26)8-12-20/h5-12,15,17H,3-4,13-14H2,1-2H3,(H,27,33)(H,28,30,34). The zero-order valence-electron chi connectivity index (χ0n) is 19.5. The van der Waals surface area contributed by atoms with Gasteiger partial charge in [-0.15, -0.1) is 10.2 Å². The third-order valence-corrected chi connectivity index (χ3v) is 7.05. The molecule has 1 atom stereocenters. The minimum absolute atomic E-state index is 0.0306. The highest BCUT2D eigenvalue weighted by Gasteiger charge is 2.34. The van der Waals surface area contributed by atoms with Gasteiger partial charge in [-0.25, -0.2) is 4.39 Å². The first kappa shape index (κ1) is 24.5. The Morgan fingerprint density at radius 3 is 2.40 bits per heavy atom. The molecule has 3 aromatic rings. The molecule has 8 nitrogen and oxygen atoms in total. The average Bonchev–Trinajstić information content (AvgIpc) is 3.47. The third-order valence-electron chi connectivity index (χ3n) is 6.04. The van der Waals surface area contributed by atoms with Crippen LogP contribution in [0.4, 0.5) is 20.9 Å². The van der Waals surface area contributed by atoms with Crippen LogP contribution in [0.3, 0.4) is 0 Å². The lowest BCUT2D eigenvalue weighted by atomic mass is 10.0. The summed E-state index contributed by atoms with van der Waals surface area (Å²) < 4.78 is 13.2. The molecular weight excluding hydrogens is 469 g/mol. The smallest absolute Gasteiger partial charge is 0.257 e. The molecule has 0 aliphatic carbocycles. The van der Waals surface area contributed by atoms with Gasteiger partial charge in [0, 0.05) is 41.7 Å². The molecule has 0 bridgehead atoms. The van der Waals surface area contributed by atoms with Crippen molar-refractivity contribution < 1.29 is 18.8 Å². The summed E-state index contributed by atoms with van der Waals surface area (Å²) in [4.78, 5) is 39.0. The Morgan fingerprint density at radius 2 is 1.74 bits per heavy atom. The number of carbonyl (C=O) groups is 3. The highest BCUT2D eigenvalue weighted by atomic mass is 32.1. The summed E-state index contributed by atoms with van der Waals surface area (Å²) in [7, 11) is 0. The van der Waals surface area contributed by atoms with Crippen molar-refractivity contribution in [3.63, 3.8) is 0 Å². The molecule has 3 amide bonds. The normalized spacial score (nSPS) is 15.5. The van der Waals surface area contributed by atoms with Gasteiger partial charge in [-0.2, -0.15) is 0 Å². The SMILES string of the molecule is CCC(CC)C(=O)Nc1ccc(C(=O)Nc2nnc(C3CC(=O)N(c4ccc(F)cc4)C3)s2)cc1. The lowest BCUT2D eigenvalue weighted by molar-refractivity contribution is -0.120. The van der Waals surface area contributed by atoms with Crippen LogP contribution < -0.4 is 15.5 Å². The highest BCUT2D eigenvalue weighted by Crippen LogP contribution is 2.34. The van der Waals surface area contributed by atoms with Crippen LogP contribution in [0.5, 0.6) is 0 Å². The Balaban J connectivity index is 1.35. The molecule has 4 rings (SSSR count). The van der Waals surface area contributed by atoms with Crippen molar-refractivity contribution in [1.29, 1.82) is 0 Å². The molecule has 1 saturated heterocycles. The highest BCUT2D eigenvalue weighted by molar-refractivity contribution is 7.15. The van der Waals surface area contributed by atoms with E-state index in [1.807, 2.05) is 13.8 Å². The molecule has 1 fully saturated rings. The second-order valence-electron chi connectivity index (χ2n) is 8.36. The summed E-state index contributed by atoms with van der Waals surface area (Å²) in [6.45, 7) is 4.37. The van der Waals surface area contributed by atoms with E-state index in [1.165, 1.54) is 23.5 Å². The van der Waals surface area contributed by atoms with Crippen molar-refractivity contribution in [2.75, 3.05) is 22.1 Å². The lowest BCUT2D eigenvalue weighted by Crippen LogP contribution is -2.24. The number of carbonyl (C=O) groups excluding carboxylic acids is 3.